The third-order valence-electron chi connectivity index (χ3n) is 1.53. The SMILES string of the molecule is CCc1cnc(CNC(=O)CS)o1. The maximum atomic E-state index is 10.8. The molecule has 0 aromatic carbocycles. The van der Waals surface area contributed by atoms with Crippen LogP contribution in [0.4, 0.5) is 0 Å². The van der Waals surface area contributed by atoms with E-state index in [9.17, 15) is 4.79 Å². The van der Waals surface area contributed by atoms with Gasteiger partial charge in [0, 0.05) is 6.42 Å². The number of hydrogen-bond donors (Lipinski definition) is 2. The van der Waals surface area contributed by atoms with Crippen LogP contribution in [0.3, 0.4) is 0 Å². The molecule has 0 spiro atoms. The van der Waals surface area contributed by atoms with E-state index in [1.807, 2.05) is 6.92 Å². The van der Waals surface area contributed by atoms with E-state index in [-0.39, 0.29) is 11.7 Å². The van der Waals surface area contributed by atoms with Crippen molar-refractivity contribution >= 4 is 18.5 Å². The summed E-state index contributed by atoms with van der Waals surface area (Å²) in [5, 5.41) is 2.61. The fourth-order valence-corrected chi connectivity index (χ4v) is 0.935. The van der Waals surface area contributed by atoms with E-state index in [4.69, 9.17) is 4.42 Å². The summed E-state index contributed by atoms with van der Waals surface area (Å²) < 4.78 is 5.28. The minimum absolute atomic E-state index is 0.125. The largest absolute Gasteiger partial charge is 0.444 e. The van der Waals surface area contributed by atoms with Crippen molar-refractivity contribution in [1.82, 2.24) is 10.3 Å². The van der Waals surface area contributed by atoms with Gasteiger partial charge in [-0.15, -0.1) is 0 Å². The number of carbonyl (C=O) groups excluding carboxylic acids is 1. The van der Waals surface area contributed by atoms with E-state index in [2.05, 4.69) is 22.9 Å². The molecule has 0 atom stereocenters. The predicted octanol–water partition coefficient (Wildman–Crippen LogP) is 0.783. The lowest BCUT2D eigenvalue weighted by Gasteiger charge is -1.97. The average molecular weight is 200 g/mol. The second-order valence-electron chi connectivity index (χ2n) is 2.51. The van der Waals surface area contributed by atoms with Gasteiger partial charge in [0.2, 0.25) is 11.8 Å². The zero-order valence-electron chi connectivity index (χ0n) is 7.41. The Kier molecular flexibility index (Phi) is 3.82. The Morgan fingerprint density at radius 3 is 3.08 bits per heavy atom. The maximum absolute atomic E-state index is 10.8. The van der Waals surface area contributed by atoms with Gasteiger partial charge in [-0.3, -0.25) is 4.79 Å². The molecule has 1 heterocycles. The quantitative estimate of drug-likeness (QED) is 0.706. The molecule has 72 valence electrons. The normalized spacial score (nSPS) is 10.0. The van der Waals surface area contributed by atoms with Gasteiger partial charge in [-0.2, -0.15) is 12.6 Å². The van der Waals surface area contributed by atoms with E-state index < -0.39 is 0 Å². The summed E-state index contributed by atoms with van der Waals surface area (Å²) >= 11 is 3.82. The van der Waals surface area contributed by atoms with Crippen LogP contribution in [0.15, 0.2) is 10.6 Å². The molecule has 0 bridgehead atoms. The lowest BCUT2D eigenvalue weighted by Crippen LogP contribution is -2.23. The molecule has 1 aromatic rings. The average Bonchev–Trinajstić information content (AvgIpc) is 2.61. The number of hydrogen-bond acceptors (Lipinski definition) is 4. The van der Waals surface area contributed by atoms with E-state index in [1.54, 1.807) is 6.20 Å². The molecule has 1 aromatic heterocycles. The van der Waals surface area contributed by atoms with Crippen molar-refractivity contribution in [1.29, 1.82) is 0 Å². The Balaban J connectivity index is 2.41. The van der Waals surface area contributed by atoms with Gasteiger partial charge in [-0.05, 0) is 0 Å². The van der Waals surface area contributed by atoms with Crippen LogP contribution in [0.25, 0.3) is 0 Å². The van der Waals surface area contributed by atoms with Gasteiger partial charge >= 0.3 is 0 Å². The molecule has 0 aliphatic carbocycles. The van der Waals surface area contributed by atoms with Gasteiger partial charge in [-0.1, -0.05) is 6.92 Å². The first-order valence-electron chi connectivity index (χ1n) is 4.07. The third-order valence-corrected chi connectivity index (χ3v) is 1.82. The first kappa shape index (κ1) is 10.1. The Morgan fingerprint density at radius 2 is 2.54 bits per heavy atom. The number of nitrogens with one attached hydrogen (secondary N) is 1. The molecule has 1 amide bonds. The molecule has 0 saturated heterocycles. The van der Waals surface area contributed by atoms with Crippen LogP contribution < -0.4 is 5.32 Å². The maximum Gasteiger partial charge on any atom is 0.230 e. The molecule has 1 rings (SSSR count). The predicted molar refractivity (Wildman–Crippen MR) is 51.6 cm³/mol. The van der Waals surface area contributed by atoms with Crippen LogP contribution >= 0.6 is 12.6 Å². The monoisotopic (exact) mass is 200 g/mol. The Morgan fingerprint density at radius 1 is 1.77 bits per heavy atom. The number of aryl methyl sites for hydroxylation is 1. The van der Waals surface area contributed by atoms with Crippen molar-refractivity contribution in [2.75, 3.05) is 5.75 Å². The second kappa shape index (κ2) is 4.91. The standard InChI is InChI=1S/C8H12N2O2S/c1-2-6-3-10-8(12-6)4-9-7(11)5-13/h3,13H,2,4-5H2,1H3,(H,9,11). The number of oxazole rings is 1. The molecule has 5 heteroatoms. The molecule has 0 saturated carbocycles. The summed E-state index contributed by atoms with van der Waals surface area (Å²) in [6.07, 6.45) is 2.48. The minimum atomic E-state index is -0.125. The number of rotatable bonds is 4. The number of aromatic nitrogens is 1. The first-order valence-corrected chi connectivity index (χ1v) is 4.70. The minimum Gasteiger partial charge on any atom is -0.444 e. The summed E-state index contributed by atoms with van der Waals surface area (Å²) in [4.78, 5) is 14.8. The molecule has 0 unspecified atom stereocenters. The van der Waals surface area contributed by atoms with E-state index in [0.717, 1.165) is 12.2 Å². The molecule has 0 fully saturated rings. The smallest absolute Gasteiger partial charge is 0.230 e. The van der Waals surface area contributed by atoms with Gasteiger partial charge in [0.25, 0.3) is 0 Å². The van der Waals surface area contributed by atoms with Crippen LogP contribution in [-0.4, -0.2) is 16.6 Å². The summed E-state index contributed by atoms with van der Waals surface area (Å²) in [7, 11) is 0. The van der Waals surface area contributed by atoms with Gasteiger partial charge < -0.3 is 9.73 Å². The molecule has 1 N–H and O–H groups in total. The number of carbonyl (C=O) groups is 1. The third kappa shape index (κ3) is 3.10. The molecule has 0 aliphatic heterocycles. The van der Waals surface area contributed by atoms with Crippen molar-refractivity contribution in [2.45, 2.75) is 19.9 Å². The molecular formula is C8H12N2O2S. The van der Waals surface area contributed by atoms with Gasteiger partial charge in [0.1, 0.15) is 5.76 Å². The zero-order valence-corrected chi connectivity index (χ0v) is 8.30. The van der Waals surface area contributed by atoms with Crippen molar-refractivity contribution in [3.05, 3.63) is 17.8 Å². The highest BCUT2D eigenvalue weighted by molar-refractivity contribution is 7.81. The van der Waals surface area contributed by atoms with E-state index >= 15 is 0 Å². The number of nitrogens with zero attached hydrogens (tertiary/aromatic N) is 1. The zero-order chi connectivity index (χ0) is 9.68. The Hall–Kier alpha value is -0.970. The molecule has 0 aliphatic rings. The number of amides is 1. The van der Waals surface area contributed by atoms with Crippen LogP contribution in [0.1, 0.15) is 18.6 Å². The van der Waals surface area contributed by atoms with Crippen molar-refractivity contribution in [3.8, 4) is 0 Å². The van der Waals surface area contributed by atoms with Crippen LogP contribution in [0.2, 0.25) is 0 Å². The summed E-state index contributed by atoms with van der Waals surface area (Å²) in [5.41, 5.74) is 0. The van der Waals surface area contributed by atoms with Gasteiger partial charge in [0.15, 0.2) is 0 Å². The fraction of sp³-hybridized carbons (Fsp3) is 0.500. The van der Waals surface area contributed by atoms with Crippen molar-refractivity contribution in [2.24, 2.45) is 0 Å². The summed E-state index contributed by atoms with van der Waals surface area (Å²) in [6, 6.07) is 0. The highest BCUT2D eigenvalue weighted by Crippen LogP contribution is 2.03. The molecule has 4 nitrogen and oxygen atoms in total. The molecule has 0 radical (unpaired) electrons. The highest BCUT2D eigenvalue weighted by Gasteiger charge is 2.03. The number of thiol groups is 1. The summed E-state index contributed by atoms with van der Waals surface area (Å²) in [5.74, 6) is 1.42. The lowest BCUT2D eigenvalue weighted by molar-refractivity contribution is -0.118. The molecular weight excluding hydrogens is 188 g/mol. The fourth-order valence-electron chi connectivity index (χ4n) is 0.823. The van der Waals surface area contributed by atoms with Crippen LogP contribution in [-0.2, 0) is 17.8 Å². The highest BCUT2D eigenvalue weighted by atomic mass is 32.1. The topological polar surface area (TPSA) is 55.1 Å². The molecule has 13 heavy (non-hydrogen) atoms. The van der Waals surface area contributed by atoms with Crippen LogP contribution in [0, 0.1) is 0 Å². The van der Waals surface area contributed by atoms with E-state index in [0.29, 0.717) is 12.4 Å². The van der Waals surface area contributed by atoms with Gasteiger partial charge in [0.05, 0.1) is 18.5 Å². The van der Waals surface area contributed by atoms with Crippen molar-refractivity contribution in [3.63, 3.8) is 0 Å². The van der Waals surface area contributed by atoms with Crippen LogP contribution in [0.5, 0.6) is 0 Å². The Labute approximate surface area is 82.1 Å². The summed E-state index contributed by atoms with van der Waals surface area (Å²) in [6.45, 7) is 2.32. The van der Waals surface area contributed by atoms with E-state index in [1.165, 1.54) is 0 Å². The lowest BCUT2D eigenvalue weighted by atomic mass is 10.4. The van der Waals surface area contributed by atoms with Crippen molar-refractivity contribution < 1.29 is 9.21 Å². The Bertz CT molecular complexity index is 285. The first-order chi connectivity index (χ1) is 6.26. The van der Waals surface area contributed by atoms with Gasteiger partial charge in [-0.25, -0.2) is 4.98 Å². The second-order valence-corrected chi connectivity index (χ2v) is 2.82.